The molecule has 0 bridgehead atoms. The highest BCUT2D eigenvalue weighted by molar-refractivity contribution is 6.06. The first-order valence-electron chi connectivity index (χ1n) is 7.82. The van der Waals surface area contributed by atoms with E-state index in [1.165, 1.54) is 0 Å². The number of allylic oxidation sites excluding steroid dienone is 2. The van der Waals surface area contributed by atoms with Crippen LogP contribution in [0.1, 0.15) is 5.56 Å². The minimum atomic E-state index is -0.322. The van der Waals surface area contributed by atoms with Gasteiger partial charge in [-0.05, 0) is 47.0 Å². The highest BCUT2D eigenvalue weighted by Gasteiger charge is 2.08. The van der Waals surface area contributed by atoms with Crippen molar-refractivity contribution in [3.8, 4) is 16.9 Å². The standard InChI is InChI=1S/C20H21N3O/c1-23-12-11-18(22-20(23)21)10-9-15-5-3-6-16(13-15)17-7-4-8-19(14-17)24-2/h3-14,20H,21H2,1-2H3/b10-9-. The number of benzene rings is 2. The second-order valence-corrected chi connectivity index (χ2v) is 5.64. The maximum atomic E-state index is 5.91. The molecule has 4 heteroatoms. The fourth-order valence-electron chi connectivity index (χ4n) is 2.47. The van der Waals surface area contributed by atoms with Crippen molar-refractivity contribution in [2.24, 2.45) is 10.7 Å². The molecule has 1 aliphatic rings. The van der Waals surface area contributed by atoms with E-state index in [0.717, 1.165) is 28.2 Å². The van der Waals surface area contributed by atoms with Crippen LogP contribution in [-0.4, -0.2) is 31.1 Å². The number of ether oxygens (including phenoxy) is 1. The molecule has 24 heavy (non-hydrogen) atoms. The fraction of sp³-hybridized carbons (Fsp3) is 0.150. The Hall–Kier alpha value is -2.85. The van der Waals surface area contributed by atoms with Crippen LogP contribution in [0.2, 0.25) is 0 Å². The number of methoxy groups -OCH3 is 1. The molecule has 0 fully saturated rings. The van der Waals surface area contributed by atoms with E-state index in [1.54, 1.807) is 7.11 Å². The van der Waals surface area contributed by atoms with Crippen LogP contribution in [0.25, 0.3) is 17.2 Å². The van der Waals surface area contributed by atoms with Crippen LogP contribution in [-0.2, 0) is 0 Å². The molecule has 1 atom stereocenters. The van der Waals surface area contributed by atoms with Gasteiger partial charge in [0.15, 0.2) is 6.29 Å². The van der Waals surface area contributed by atoms with E-state index in [-0.39, 0.29) is 6.29 Å². The van der Waals surface area contributed by atoms with Gasteiger partial charge < -0.3 is 9.64 Å². The molecule has 0 aromatic heterocycles. The van der Waals surface area contributed by atoms with Crippen molar-refractivity contribution in [2.75, 3.05) is 14.2 Å². The SMILES string of the molecule is COc1cccc(-c2cccc(/C=C\C3=NC(N)N(C)C=C3)c2)c1. The van der Waals surface area contributed by atoms with E-state index in [0.29, 0.717) is 0 Å². The van der Waals surface area contributed by atoms with Gasteiger partial charge in [-0.1, -0.05) is 36.4 Å². The summed E-state index contributed by atoms with van der Waals surface area (Å²) in [5, 5.41) is 0. The number of hydrogen-bond donors (Lipinski definition) is 1. The summed E-state index contributed by atoms with van der Waals surface area (Å²) in [5.74, 6) is 0.855. The number of nitrogens with zero attached hydrogens (tertiary/aromatic N) is 2. The molecular formula is C20H21N3O. The molecule has 2 aromatic carbocycles. The van der Waals surface area contributed by atoms with Crippen molar-refractivity contribution in [3.63, 3.8) is 0 Å². The number of nitrogens with two attached hydrogens (primary N) is 1. The molecule has 3 rings (SSSR count). The Bertz CT molecular complexity index is 808. The Morgan fingerprint density at radius 2 is 1.83 bits per heavy atom. The molecule has 0 radical (unpaired) electrons. The molecule has 2 N–H and O–H groups in total. The molecule has 1 aliphatic heterocycles. The lowest BCUT2D eigenvalue weighted by molar-refractivity contribution is 0.344. The lowest BCUT2D eigenvalue weighted by atomic mass is 10.0. The van der Waals surface area contributed by atoms with E-state index >= 15 is 0 Å². The molecule has 1 unspecified atom stereocenters. The summed E-state index contributed by atoms with van der Waals surface area (Å²) < 4.78 is 5.30. The van der Waals surface area contributed by atoms with Crippen molar-refractivity contribution >= 4 is 11.8 Å². The van der Waals surface area contributed by atoms with Crippen LogP contribution in [0, 0.1) is 0 Å². The molecule has 1 heterocycles. The summed E-state index contributed by atoms with van der Waals surface area (Å²) >= 11 is 0. The van der Waals surface area contributed by atoms with Crippen LogP contribution < -0.4 is 10.5 Å². The predicted octanol–water partition coefficient (Wildman–Crippen LogP) is 3.52. The fourth-order valence-corrected chi connectivity index (χ4v) is 2.47. The second-order valence-electron chi connectivity index (χ2n) is 5.64. The van der Waals surface area contributed by atoms with Crippen LogP contribution >= 0.6 is 0 Å². The zero-order valence-corrected chi connectivity index (χ0v) is 13.9. The second kappa shape index (κ2) is 7.15. The van der Waals surface area contributed by atoms with Gasteiger partial charge in [0.1, 0.15) is 5.75 Å². The zero-order valence-electron chi connectivity index (χ0n) is 13.9. The van der Waals surface area contributed by atoms with Gasteiger partial charge in [-0.2, -0.15) is 0 Å². The Balaban J connectivity index is 1.82. The third kappa shape index (κ3) is 3.73. The van der Waals surface area contributed by atoms with Gasteiger partial charge in [0.05, 0.1) is 12.8 Å². The lowest BCUT2D eigenvalue weighted by Gasteiger charge is -2.22. The first-order valence-corrected chi connectivity index (χ1v) is 7.82. The summed E-state index contributed by atoms with van der Waals surface area (Å²) in [6.07, 6.45) is 7.59. The van der Waals surface area contributed by atoms with E-state index in [4.69, 9.17) is 10.5 Å². The van der Waals surface area contributed by atoms with E-state index < -0.39 is 0 Å². The van der Waals surface area contributed by atoms with Crippen LogP contribution in [0.3, 0.4) is 0 Å². The third-order valence-corrected chi connectivity index (χ3v) is 3.92. The van der Waals surface area contributed by atoms with Crippen LogP contribution in [0.15, 0.2) is 71.9 Å². The van der Waals surface area contributed by atoms with Gasteiger partial charge in [0.2, 0.25) is 0 Å². The molecule has 2 aromatic rings. The third-order valence-electron chi connectivity index (χ3n) is 3.92. The van der Waals surface area contributed by atoms with E-state index in [9.17, 15) is 0 Å². The van der Waals surface area contributed by atoms with Gasteiger partial charge in [-0.3, -0.25) is 5.73 Å². The maximum absolute atomic E-state index is 5.91. The summed E-state index contributed by atoms with van der Waals surface area (Å²) in [6.45, 7) is 0. The van der Waals surface area contributed by atoms with Crippen molar-refractivity contribution in [1.29, 1.82) is 0 Å². The first kappa shape index (κ1) is 16.0. The highest BCUT2D eigenvalue weighted by atomic mass is 16.5. The normalized spacial score (nSPS) is 17.2. The Labute approximate surface area is 142 Å². The number of hydrogen-bond acceptors (Lipinski definition) is 4. The van der Waals surface area contributed by atoms with Crippen LogP contribution in [0.4, 0.5) is 0 Å². The highest BCUT2D eigenvalue weighted by Crippen LogP contribution is 2.24. The molecule has 0 saturated carbocycles. The number of aliphatic imine (C=N–C) groups is 1. The largest absolute Gasteiger partial charge is 0.497 e. The zero-order chi connectivity index (χ0) is 16.9. The Morgan fingerprint density at radius 1 is 1.08 bits per heavy atom. The van der Waals surface area contributed by atoms with Gasteiger partial charge in [-0.15, -0.1) is 0 Å². The van der Waals surface area contributed by atoms with Crippen LogP contribution in [0.5, 0.6) is 5.75 Å². The maximum Gasteiger partial charge on any atom is 0.173 e. The van der Waals surface area contributed by atoms with Crippen molar-refractivity contribution in [1.82, 2.24) is 4.90 Å². The summed E-state index contributed by atoms with van der Waals surface area (Å²) in [7, 11) is 3.58. The van der Waals surface area contributed by atoms with Gasteiger partial charge >= 0.3 is 0 Å². The molecule has 0 spiro atoms. The average molecular weight is 319 g/mol. The summed E-state index contributed by atoms with van der Waals surface area (Å²) in [5.41, 5.74) is 10.2. The van der Waals surface area contributed by atoms with Crippen molar-refractivity contribution in [3.05, 3.63) is 72.4 Å². The minimum absolute atomic E-state index is 0.322. The quantitative estimate of drug-likeness (QED) is 0.938. The average Bonchev–Trinajstić information content (AvgIpc) is 2.63. The lowest BCUT2D eigenvalue weighted by Crippen LogP contribution is -2.36. The molecule has 0 aliphatic carbocycles. The van der Waals surface area contributed by atoms with Gasteiger partial charge in [0.25, 0.3) is 0 Å². The summed E-state index contributed by atoms with van der Waals surface area (Å²) in [4.78, 5) is 6.27. The van der Waals surface area contributed by atoms with Gasteiger partial charge in [-0.25, -0.2) is 4.99 Å². The smallest absolute Gasteiger partial charge is 0.173 e. The Kier molecular flexibility index (Phi) is 4.77. The first-order chi connectivity index (χ1) is 11.7. The van der Waals surface area contributed by atoms with Gasteiger partial charge in [0, 0.05) is 13.2 Å². The monoisotopic (exact) mass is 319 g/mol. The molecule has 4 nitrogen and oxygen atoms in total. The van der Waals surface area contributed by atoms with Crippen molar-refractivity contribution < 1.29 is 4.74 Å². The Morgan fingerprint density at radius 3 is 2.58 bits per heavy atom. The minimum Gasteiger partial charge on any atom is -0.497 e. The number of rotatable bonds is 4. The molecule has 0 saturated heterocycles. The van der Waals surface area contributed by atoms with E-state index in [1.807, 2.05) is 60.6 Å². The molecular weight excluding hydrogens is 298 g/mol. The van der Waals surface area contributed by atoms with E-state index in [2.05, 4.69) is 29.3 Å². The molecule has 0 amide bonds. The summed E-state index contributed by atoms with van der Waals surface area (Å²) in [6, 6.07) is 16.4. The van der Waals surface area contributed by atoms with Crippen molar-refractivity contribution in [2.45, 2.75) is 6.29 Å². The predicted molar refractivity (Wildman–Crippen MR) is 99.8 cm³/mol. The topological polar surface area (TPSA) is 50.9 Å². The molecule has 122 valence electrons.